The van der Waals surface area contributed by atoms with E-state index >= 15 is 0 Å². The summed E-state index contributed by atoms with van der Waals surface area (Å²) >= 11 is 0. The molecule has 0 radical (unpaired) electrons. The smallest absolute Gasteiger partial charge is 0.264 e. The molecular formula is C12H12N2O3S. The van der Waals surface area contributed by atoms with Crippen LogP contribution in [0.25, 0.3) is 0 Å². The lowest BCUT2D eigenvalue weighted by atomic mass is 10.2. The zero-order valence-corrected chi connectivity index (χ0v) is 10.6. The summed E-state index contributed by atoms with van der Waals surface area (Å²) in [6.07, 6.45) is 0.731. The molecule has 1 aliphatic carbocycles. The van der Waals surface area contributed by atoms with Gasteiger partial charge in [0.05, 0.1) is 16.5 Å². The average molecular weight is 264 g/mol. The number of carbonyl (C=O) groups is 1. The van der Waals surface area contributed by atoms with Gasteiger partial charge in [0.25, 0.3) is 10.0 Å². The Labute approximate surface area is 105 Å². The third-order valence-corrected chi connectivity index (χ3v) is 4.34. The molecule has 0 spiro atoms. The van der Waals surface area contributed by atoms with Gasteiger partial charge in [-0.25, -0.2) is 13.1 Å². The third-order valence-electron chi connectivity index (χ3n) is 2.97. The normalized spacial score (nSPS) is 22.0. The minimum atomic E-state index is -3.82. The summed E-state index contributed by atoms with van der Waals surface area (Å²) in [5, 5.41) is 8.62. The van der Waals surface area contributed by atoms with Gasteiger partial charge in [-0.15, -0.1) is 0 Å². The minimum Gasteiger partial charge on any atom is -0.274 e. The molecule has 0 unspecified atom stereocenters. The molecule has 0 heterocycles. The van der Waals surface area contributed by atoms with Crippen LogP contribution in [0.15, 0.2) is 29.2 Å². The second-order valence-electron chi connectivity index (χ2n) is 4.43. The number of nitrogens with one attached hydrogen (secondary N) is 1. The van der Waals surface area contributed by atoms with Gasteiger partial charge in [-0.05, 0) is 36.6 Å². The minimum absolute atomic E-state index is 0.0110. The molecule has 6 heteroatoms. The van der Waals surface area contributed by atoms with Crippen molar-refractivity contribution in [2.45, 2.75) is 18.2 Å². The Hall–Kier alpha value is -1.87. The second-order valence-corrected chi connectivity index (χ2v) is 6.11. The van der Waals surface area contributed by atoms with E-state index in [9.17, 15) is 13.2 Å². The SMILES string of the molecule is C[C@H]1C[C@@H]1C(=O)NS(=O)(=O)c1ccc(C#N)cc1. The first kappa shape index (κ1) is 12.6. The lowest BCUT2D eigenvalue weighted by molar-refractivity contribution is -0.120. The van der Waals surface area contributed by atoms with Crippen molar-refractivity contribution in [2.24, 2.45) is 11.8 Å². The predicted octanol–water partition coefficient (Wildman–Crippen LogP) is 1.02. The van der Waals surface area contributed by atoms with Crippen LogP contribution >= 0.6 is 0 Å². The number of nitrogens with zero attached hydrogens (tertiary/aromatic N) is 1. The Morgan fingerprint density at radius 1 is 1.39 bits per heavy atom. The Morgan fingerprint density at radius 2 is 1.94 bits per heavy atom. The van der Waals surface area contributed by atoms with Crippen LogP contribution in [0.1, 0.15) is 18.9 Å². The molecule has 94 valence electrons. The molecule has 1 aromatic rings. The molecule has 0 saturated heterocycles. The maximum absolute atomic E-state index is 11.9. The average Bonchev–Trinajstić information content (AvgIpc) is 3.06. The third kappa shape index (κ3) is 2.51. The molecule has 1 saturated carbocycles. The summed E-state index contributed by atoms with van der Waals surface area (Å²) in [7, 11) is -3.82. The van der Waals surface area contributed by atoms with Crippen LogP contribution < -0.4 is 4.72 Å². The van der Waals surface area contributed by atoms with E-state index in [1.54, 1.807) is 0 Å². The van der Waals surface area contributed by atoms with E-state index in [4.69, 9.17) is 5.26 Å². The number of carbonyl (C=O) groups excluding carboxylic acids is 1. The van der Waals surface area contributed by atoms with Gasteiger partial charge in [-0.1, -0.05) is 6.92 Å². The maximum atomic E-state index is 11.9. The van der Waals surface area contributed by atoms with Gasteiger partial charge in [0.1, 0.15) is 0 Å². The van der Waals surface area contributed by atoms with Gasteiger partial charge in [0.2, 0.25) is 5.91 Å². The first-order chi connectivity index (χ1) is 8.44. The molecular weight excluding hydrogens is 252 g/mol. The summed E-state index contributed by atoms with van der Waals surface area (Å²) in [5.41, 5.74) is 0.371. The fourth-order valence-electron chi connectivity index (χ4n) is 1.66. The fourth-order valence-corrected chi connectivity index (χ4v) is 2.69. The van der Waals surface area contributed by atoms with E-state index in [0.29, 0.717) is 5.56 Å². The first-order valence-electron chi connectivity index (χ1n) is 5.51. The van der Waals surface area contributed by atoms with Crippen molar-refractivity contribution in [1.29, 1.82) is 5.26 Å². The van der Waals surface area contributed by atoms with E-state index in [1.807, 2.05) is 13.0 Å². The van der Waals surface area contributed by atoms with Gasteiger partial charge >= 0.3 is 0 Å². The monoisotopic (exact) mass is 264 g/mol. The summed E-state index contributed by atoms with van der Waals surface area (Å²) in [6.45, 7) is 1.90. The Balaban J connectivity index is 2.15. The van der Waals surface area contributed by atoms with Crippen LogP contribution in [0.3, 0.4) is 0 Å². The van der Waals surface area contributed by atoms with Gasteiger partial charge < -0.3 is 0 Å². The number of nitriles is 1. The van der Waals surface area contributed by atoms with E-state index in [-0.39, 0.29) is 16.7 Å². The van der Waals surface area contributed by atoms with Crippen molar-refractivity contribution in [3.8, 4) is 6.07 Å². The highest BCUT2D eigenvalue weighted by atomic mass is 32.2. The number of amides is 1. The van der Waals surface area contributed by atoms with Crippen molar-refractivity contribution in [3.05, 3.63) is 29.8 Å². The molecule has 2 rings (SSSR count). The molecule has 1 amide bonds. The highest BCUT2D eigenvalue weighted by Crippen LogP contribution is 2.37. The molecule has 1 N–H and O–H groups in total. The Bertz CT molecular complexity index is 614. The topological polar surface area (TPSA) is 87.0 Å². The quantitative estimate of drug-likeness (QED) is 0.883. The van der Waals surface area contributed by atoms with Crippen molar-refractivity contribution in [2.75, 3.05) is 0 Å². The maximum Gasteiger partial charge on any atom is 0.264 e. The van der Waals surface area contributed by atoms with Crippen molar-refractivity contribution in [3.63, 3.8) is 0 Å². The van der Waals surface area contributed by atoms with E-state index in [1.165, 1.54) is 24.3 Å². The largest absolute Gasteiger partial charge is 0.274 e. The second kappa shape index (κ2) is 4.42. The molecule has 1 aliphatic rings. The van der Waals surface area contributed by atoms with E-state index < -0.39 is 15.9 Å². The van der Waals surface area contributed by atoms with Crippen LogP contribution in [0, 0.1) is 23.2 Å². The van der Waals surface area contributed by atoms with Gasteiger partial charge in [-0.3, -0.25) is 4.79 Å². The van der Waals surface area contributed by atoms with E-state index in [2.05, 4.69) is 4.72 Å². The zero-order valence-electron chi connectivity index (χ0n) is 9.75. The van der Waals surface area contributed by atoms with E-state index in [0.717, 1.165) is 6.42 Å². The lowest BCUT2D eigenvalue weighted by Gasteiger charge is -2.06. The highest BCUT2D eigenvalue weighted by molar-refractivity contribution is 7.90. The van der Waals surface area contributed by atoms with Crippen LogP contribution in [0.4, 0.5) is 0 Å². The molecule has 18 heavy (non-hydrogen) atoms. The summed E-state index contributed by atoms with van der Waals surface area (Å²) in [5.74, 6) is -0.397. The Kier molecular flexibility index (Phi) is 3.09. The van der Waals surface area contributed by atoms with Crippen LogP contribution in [0.5, 0.6) is 0 Å². The lowest BCUT2D eigenvalue weighted by Crippen LogP contribution is -2.32. The van der Waals surface area contributed by atoms with Gasteiger partial charge in [0.15, 0.2) is 0 Å². The van der Waals surface area contributed by atoms with Crippen LogP contribution in [0.2, 0.25) is 0 Å². The van der Waals surface area contributed by atoms with Crippen molar-refractivity contribution < 1.29 is 13.2 Å². The number of hydrogen-bond acceptors (Lipinski definition) is 4. The summed E-state index contributed by atoms with van der Waals surface area (Å²) < 4.78 is 25.8. The molecule has 1 aromatic carbocycles. The zero-order chi connectivity index (χ0) is 13.3. The number of benzene rings is 1. The Morgan fingerprint density at radius 3 is 2.39 bits per heavy atom. The highest BCUT2D eigenvalue weighted by Gasteiger charge is 2.40. The van der Waals surface area contributed by atoms with Crippen molar-refractivity contribution in [1.82, 2.24) is 4.72 Å². The molecule has 0 aromatic heterocycles. The van der Waals surface area contributed by atoms with Crippen LogP contribution in [-0.2, 0) is 14.8 Å². The number of sulfonamides is 1. The van der Waals surface area contributed by atoms with Gasteiger partial charge in [0, 0.05) is 5.92 Å². The summed E-state index contributed by atoms with van der Waals surface area (Å²) in [4.78, 5) is 11.6. The number of rotatable bonds is 3. The molecule has 0 aliphatic heterocycles. The van der Waals surface area contributed by atoms with Gasteiger partial charge in [-0.2, -0.15) is 5.26 Å². The van der Waals surface area contributed by atoms with Crippen molar-refractivity contribution >= 4 is 15.9 Å². The first-order valence-corrected chi connectivity index (χ1v) is 6.99. The molecule has 5 nitrogen and oxygen atoms in total. The standard InChI is InChI=1S/C12H12N2O3S/c1-8-6-11(8)12(15)14-18(16,17)10-4-2-9(7-13)3-5-10/h2-5,8,11H,6H2,1H3,(H,14,15)/t8-,11-/m0/s1. The van der Waals surface area contributed by atoms with Crippen LogP contribution in [-0.4, -0.2) is 14.3 Å². The molecule has 1 fully saturated rings. The summed E-state index contributed by atoms with van der Waals surface area (Å²) in [6, 6.07) is 7.32. The predicted molar refractivity (Wildman–Crippen MR) is 63.8 cm³/mol. The fraction of sp³-hybridized carbons (Fsp3) is 0.333. The number of hydrogen-bond donors (Lipinski definition) is 1. The molecule has 0 bridgehead atoms. The molecule has 2 atom stereocenters.